The van der Waals surface area contributed by atoms with Crippen LogP contribution in [0.3, 0.4) is 0 Å². The van der Waals surface area contributed by atoms with E-state index in [-0.39, 0.29) is 15.7 Å². The second-order valence-corrected chi connectivity index (χ2v) is 5.29. The highest BCUT2D eigenvalue weighted by atomic mass is 35.5. The Morgan fingerprint density at radius 3 is 2.42 bits per heavy atom. The molecule has 1 N–H and O–H groups in total. The van der Waals surface area contributed by atoms with Gasteiger partial charge in [0.25, 0.3) is 5.69 Å². The van der Waals surface area contributed by atoms with Crippen LogP contribution in [0.25, 0.3) is 0 Å². The number of non-ortho nitro benzene ring substituents is 1. The first-order chi connectivity index (χ1) is 9.08. The number of rotatable bonds is 4. The number of hydrogen-bond acceptors (Lipinski definition) is 4. The molecule has 5 nitrogen and oxygen atoms in total. The monoisotopic (exact) mass is 304 g/mol. The van der Waals surface area contributed by atoms with Crippen LogP contribution in [0.2, 0.25) is 10.0 Å². The zero-order chi connectivity index (χ0) is 13.8. The molecule has 0 spiro atoms. The quantitative estimate of drug-likeness (QED) is 0.680. The van der Waals surface area contributed by atoms with E-state index in [9.17, 15) is 10.1 Å². The van der Waals surface area contributed by atoms with Gasteiger partial charge in [-0.15, -0.1) is 0 Å². The fourth-order valence-corrected chi connectivity index (χ4v) is 2.64. The number of nitro benzene ring substituents is 1. The van der Waals surface area contributed by atoms with Gasteiger partial charge < -0.3 is 10.1 Å². The van der Waals surface area contributed by atoms with Crippen LogP contribution in [0, 0.1) is 16.0 Å². The molecule has 1 aliphatic rings. The number of nitro groups is 1. The van der Waals surface area contributed by atoms with E-state index < -0.39 is 4.92 Å². The summed E-state index contributed by atoms with van der Waals surface area (Å²) in [5.41, 5.74) is 0.451. The maximum atomic E-state index is 10.7. The fraction of sp³-hybridized carbons (Fsp3) is 0.500. The van der Waals surface area contributed by atoms with Gasteiger partial charge in [0.15, 0.2) is 0 Å². The molecule has 0 saturated carbocycles. The van der Waals surface area contributed by atoms with Crippen molar-refractivity contribution in [3.63, 3.8) is 0 Å². The lowest BCUT2D eigenvalue weighted by molar-refractivity contribution is -0.384. The van der Waals surface area contributed by atoms with Crippen LogP contribution in [-0.4, -0.2) is 24.7 Å². The lowest BCUT2D eigenvalue weighted by Gasteiger charge is -2.23. The van der Waals surface area contributed by atoms with Crippen LogP contribution in [0.1, 0.15) is 12.8 Å². The lowest BCUT2D eigenvalue weighted by atomic mass is 10.0. The van der Waals surface area contributed by atoms with Crippen LogP contribution in [0.4, 0.5) is 11.4 Å². The molecular weight excluding hydrogens is 291 g/mol. The molecule has 1 aromatic carbocycles. The van der Waals surface area contributed by atoms with Gasteiger partial charge in [0.05, 0.1) is 20.7 Å². The normalized spacial score (nSPS) is 16.3. The van der Waals surface area contributed by atoms with Crippen molar-refractivity contribution < 1.29 is 9.66 Å². The van der Waals surface area contributed by atoms with E-state index in [2.05, 4.69) is 5.32 Å². The van der Waals surface area contributed by atoms with Crippen molar-refractivity contribution in [2.24, 2.45) is 5.92 Å². The van der Waals surface area contributed by atoms with Gasteiger partial charge in [-0.1, -0.05) is 23.2 Å². The number of nitrogens with zero attached hydrogens (tertiary/aromatic N) is 1. The summed E-state index contributed by atoms with van der Waals surface area (Å²) in [6.45, 7) is 2.28. The van der Waals surface area contributed by atoms with E-state index in [1.807, 2.05) is 0 Å². The Morgan fingerprint density at radius 2 is 1.89 bits per heavy atom. The van der Waals surface area contributed by atoms with E-state index in [0.29, 0.717) is 11.6 Å². The van der Waals surface area contributed by atoms with Crippen molar-refractivity contribution in [2.45, 2.75) is 12.8 Å². The van der Waals surface area contributed by atoms with Gasteiger partial charge in [-0.05, 0) is 18.8 Å². The van der Waals surface area contributed by atoms with Crippen molar-refractivity contribution in [3.8, 4) is 0 Å². The van der Waals surface area contributed by atoms with Crippen molar-refractivity contribution >= 4 is 34.6 Å². The molecule has 1 fully saturated rings. The molecule has 0 amide bonds. The lowest BCUT2D eigenvalue weighted by Crippen LogP contribution is -2.22. The fourth-order valence-electron chi connectivity index (χ4n) is 2.03. The first-order valence-electron chi connectivity index (χ1n) is 6.03. The van der Waals surface area contributed by atoms with E-state index in [4.69, 9.17) is 27.9 Å². The standard InChI is InChI=1S/C12H14Cl2N2O3/c13-10-5-9(16(17)18)6-11(14)12(10)15-7-8-1-3-19-4-2-8/h5-6,8,15H,1-4,7H2. The molecule has 0 radical (unpaired) electrons. The van der Waals surface area contributed by atoms with Crippen LogP contribution < -0.4 is 5.32 Å². The molecule has 104 valence electrons. The molecule has 1 saturated heterocycles. The topological polar surface area (TPSA) is 64.4 Å². The number of hydrogen-bond donors (Lipinski definition) is 1. The predicted octanol–water partition coefficient (Wildman–Crippen LogP) is 3.74. The second-order valence-electron chi connectivity index (χ2n) is 4.48. The van der Waals surface area contributed by atoms with Crippen molar-refractivity contribution in [3.05, 3.63) is 32.3 Å². The Bertz CT molecular complexity index is 453. The van der Waals surface area contributed by atoms with E-state index in [1.54, 1.807) is 0 Å². The van der Waals surface area contributed by atoms with Crippen LogP contribution >= 0.6 is 23.2 Å². The zero-order valence-corrected chi connectivity index (χ0v) is 11.7. The second kappa shape index (κ2) is 6.41. The Balaban J connectivity index is 2.05. The number of anilines is 1. The third-order valence-electron chi connectivity index (χ3n) is 3.15. The van der Waals surface area contributed by atoms with Crippen molar-refractivity contribution in [1.29, 1.82) is 0 Å². The molecule has 19 heavy (non-hydrogen) atoms. The highest BCUT2D eigenvalue weighted by Gasteiger charge is 2.17. The molecule has 7 heteroatoms. The molecule has 0 bridgehead atoms. The van der Waals surface area contributed by atoms with Gasteiger partial charge in [0.1, 0.15) is 0 Å². The number of benzene rings is 1. The van der Waals surface area contributed by atoms with Gasteiger partial charge in [-0.3, -0.25) is 10.1 Å². The third kappa shape index (κ3) is 3.72. The molecule has 1 aromatic rings. The van der Waals surface area contributed by atoms with Gasteiger partial charge >= 0.3 is 0 Å². The number of ether oxygens (including phenoxy) is 1. The summed E-state index contributed by atoms with van der Waals surface area (Å²) in [5, 5.41) is 14.4. The molecule has 2 rings (SSSR count). The molecule has 0 aliphatic carbocycles. The minimum Gasteiger partial charge on any atom is -0.382 e. The molecule has 1 aliphatic heterocycles. The smallest absolute Gasteiger partial charge is 0.272 e. The van der Waals surface area contributed by atoms with Crippen molar-refractivity contribution in [1.82, 2.24) is 0 Å². The van der Waals surface area contributed by atoms with Crippen LogP contribution in [0.15, 0.2) is 12.1 Å². The Hall–Kier alpha value is -1.04. The molecule has 0 unspecified atom stereocenters. The molecule has 1 heterocycles. The number of halogens is 2. The molecular formula is C12H14Cl2N2O3. The van der Waals surface area contributed by atoms with Crippen LogP contribution in [0.5, 0.6) is 0 Å². The summed E-state index contributed by atoms with van der Waals surface area (Å²) >= 11 is 12.0. The van der Waals surface area contributed by atoms with Crippen molar-refractivity contribution in [2.75, 3.05) is 25.1 Å². The largest absolute Gasteiger partial charge is 0.382 e. The van der Waals surface area contributed by atoms with E-state index >= 15 is 0 Å². The minimum atomic E-state index is -0.514. The third-order valence-corrected chi connectivity index (χ3v) is 3.74. The SMILES string of the molecule is O=[N+]([O-])c1cc(Cl)c(NCC2CCOCC2)c(Cl)c1. The van der Waals surface area contributed by atoms with Gasteiger partial charge in [0, 0.05) is 31.9 Å². The van der Waals surface area contributed by atoms with Gasteiger partial charge in [-0.25, -0.2) is 0 Å². The minimum absolute atomic E-state index is 0.105. The summed E-state index contributed by atoms with van der Waals surface area (Å²) in [5.74, 6) is 0.510. The zero-order valence-electron chi connectivity index (χ0n) is 10.2. The Morgan fingerprint density at radius 1 is 1.32 bits per heavy atom. The maximum absolute atomic E-state index is 10.7. The Labute approximate surface area is 121 Å². The molecule has 0 aromatic heterocycles. The highest BCUT2D eigenvalue weighted by Crippen LogP contribution is 2.35. The van der Waals surface area contributed by atoms with E-state index in [0.717, 1.165) is 32.6 Å². The summed E-state index contributed by atoms with van der Waals surface area (Å²) in [7, 11) is 0. The molecule has 0 atom stereocenters. The Kier molecular flexibility index (Phi) is 4.85. The van der Waals surface area contributed by atoms with Gasteiger partial charge in [-0.2, -0.15) is 0 Å². The van der Waals surface area contributed by atoms with Crippen LogP contribution in [-0.2, 0) is 4.74 Å². The average molecular weight is 305 g/mol. The average Bonchev–Trinajstić information content (AvgIpc) is 2.38. The summed E-state index contributed by atoms with van der Waals surface area (Å²) in [6.07, 6.45) is 1.99. The number of nitrogens with one attached hydrogen (secondary N) is 1. The summed E-state index contributed by atoms with van der Waals surface area (Å²) in [4.78, 5) is 10.2. The first kappa shape index (κ1) is 14.4. The first-order valence-corrected chi connectivity index (χ1v) is 6.78. The predicted molar refractivity (Wildman–Crippen MR) is 75.1 cm³/mol. The van der Waals surface area contributed by atoms with Gasteiger partial charge in [0.2, 0.25) is 0 Å². The summed E-state index contributed by atoms with van der Waals surface area (Å²) < 4.78 is 5.29. The summed E-state index contributed by atoms with van der Waals surface area (Å²) in [6, 6.07) is 2.61. The maximum Gasteiger partial charge on any atom is 0.272 e. The highest BCUT2D eigenvalue weighted by molar-refractivity contribution is 6.39. The van der Waals surface area contributed by atoms with E-state index in [1.165, 1.54) is 12.1 Å².